The van der Waals surface area contributed by atoms with E-state index >= 15 is 0 Å². The van der Waals surface area contributed by atoms with Gasteiger partial charge in [0.25, 0.3) is 0 Å². The molecule has 1 heterocycles. The minimum atomic E-state index is -4.60. The molecule has 24 heavy (non-hydrogen) atoms. The summed E-state index contributed by atoms with van der Waals surface area (Å²) in [5, 5.41) is 8.85. The van der Waals surface area contributed by atoms with Crippen molar-refractivity contribution in [2.24, 2.45) is 0 Å². The molecule has 2 aromatic rings. The van der Waals surface area contributed by atoms with Crippen molar-refractivity contribution in [1.29, 1.82) is 5.26 Å². The lowest BCUT2D eigenvalue weighted by Crippen LogP contribution is -2.12. The van der Waals surface area contributed by atoms with E-state index in [0.717, 1.165) is 25.0 Å². The van der Waals surface area contributed by atoms with E-state index in [4.69, 9.17) is 10.00 Å². The van der Waals surface area contributed by atoms with Crippen LogP contribution in [0, 0.1) is 11.3 Å². The first-order valence-corrected chi connectivity index (χ1v) is 7.64. The summed E-state index contributed by atoms with van der Waals surface area (Å²) in [6.45, 7) is 2.03. The molecule has 126 valence electrons. The Bertz CT molecular complexity index is 708. The first-order valence-electron chi connectivity index (χ1n) is 7.64. The normalized spacial score (nSPS) is 12.5. The second kappa shape index (κ2) is 7.82. The molecule has 3 nitrogen and oxygen atoms in total. The topological polar surface area (TPSA) is 45.9 Å². The zero-order valence-corrected chi connectivity index (χ0v) is 13.2. The third kappa shape index (κ3) is 4.48. The lowest BCUT2D eigenvalue weighted by atomic mass is 10.1. The second-order valence-corrected chi connectivity index (χ2v) is 5.32. The number of unbranched alkanes of at least 4 members (excludes halogenated alkanes) is 1. The summed E-state index contributed by atoms with van der Waals surface area (Å²) in [4.78, 5) is 4.23. The maximum absolute atomic E-state index is 13.1. The fraction of sp³-hybridized carbons (Fsp3) is 0.333. The summed E-state index contributed by atoms with van der Waals surface area (Å²) >= 11 is 0. The van der Waals surface area contributed by atoms with Gasteiger partial charge in [-0.25, -0.2) is 0 Å². The molecule has 0 aliphatic heterocycles. The lowest BCUT2D eigenvalue weighted by molar-refractivity contribution is -0.137. The quantitative estimate of drug-likeness (QED) is 0.722. The molecule has 0 saturated carbocycles. The van der Waals surface area contributed by atoms with Crippen LogP contribution in [0.3, 0.4) is 0 Å². The summed E-state index contributed by atoms with van der Waals surface area (Å²) < 4.78 is 44.9. The van der Waals surface area contributed by atoms with E-state index in [1.807, 2.05) is 13.0 Å². The van der Waals surface area contributed by atoms with Gasteiger partial charge >= 0.3 is 6.18 Å². The molecule has 0 N–H and O–H groups in total. The molecule has 0 bridgehead atoms. The van der Waals surface area contributed by atoms with Crippen LogP contribution in [0.4, 0.5) is 13.2 Å². The fourth-order valence-electron chi connectivity index (χ4n) is 2.32. The maximum Gasteiger partial charge on any atom is 0.417 e. The molecule has 1 atom stereocenters. The molecule has 0 spiro atoms. The van der Waals surface area contributed by atoms with Crippen LogP contribution in [-0.4, -0.2) is 4.98 Å². The number of pyridine rings is 1. The van der Waals surface area contributed by atoms with Crippen molar-refractivity contribution in [2.75, 3.05) is 0 Å². The summed E-state index contributed by atoms with van der Waals surface area (Å²) in [5.41, 5.74) is -0.737. The van der Waals surface area contributed by atoms with E-state index in [-0.39, 0.29) is 5.75 Å². The van der Waals surface area contributed by atoms with Crippen molar-refractivity contribution in [1.82, 2.24) is 4.98 Å². The molecule has 0 aliphatic carbocycles. The molecular formula is C18H17F3N2O. The maximum atomic E-state index is 13.1. The predicted molar refractivity (Wildman–Crippen MR) is 83.3 cm³/mol. The van der Waals surface area contributed by atoms with Gasteiger partial charge in [0.2, 0.25) is 0 Å². The second-order valence-electron chi connectivity index (χ2n) is 5.32. The number of aromatic nitrogens is 1. The fourth-order valence-corrected chi connectivity index (χ4v) is 2.32. The van der Waals surface area contributed by atoms with Gasteiger partial charge < -0.3 is 4.74 Å². The molecule has 1 aromatic carbocycles. The number of benzene rings is 1. The van der Waals surface area contributed by atoms with E-state index in [1.54, 1.807) is 24.4 Å². The van der Waals surface area contributed by atoms with E-state index in [9.17, 15) is 13.2 Å². The van der Waals surface area contributed by atoms with Gasteiger partial charge in [-0.05, 0) is 43.2 Å². The van der Waals surface area contributed by atoms with Gasteiger partial charge in [-0.2, -0.15) is 18.4 Å². The first-order chi connectivity index (χ1) is 11.5. The van der Waals surface area contributed by atoms with Crippen molar-refractivity contribution >= 4 is 0 Å². The Morgan fingerprint density at radius 3 is 2.62 bits per heavy atom. The molecule has 1 unspecified atom stereocenters. The highest BCUT2D eigenvalue weighted by Gasteiger charge is 2.34. The van der Waals surface area contributed by atoms with Crippen molar-refractivity contribution in [3.63, 3.8) is 0 Å². The molecular weight excluding hydrogens is 317 g/mol. The molecule has 0 fully saturated rings. The Labute approximate surface area is 138 Å². The Kier molecular flexibility index (Phi) is 5.80. The number of hydrogen-bond acceptors (Lipinski definition) is 3. The molecule has 2 rings (SSSR count). The zero-order valence-electron chi connectivity index (χ0n) is 13.2. The minimum absolute atomic E-state index is 0.0769. The third-order valence-electron chi connectivity index (χ3n) is 3.53. The largest absolute Gasteiger partial charge is 0.484 e. The smallest absolute Gasteiger partial charge is 0.417 e. The minimum Gasteiger partial charge on any atom is -0.484 e. The van der Waals surface area contributed by atoms with Crippen LogP contribution in [0.1, 0.15) is 49.1 Å². The third-order valence-corrected chi connectivity index (χ3v) is 3.53. The average molecular weight is 334 g/mol. The molecule has 6 heteroatoms. The molecule has 0 radical (unpaired) electrons. The number of ether oxygens (including phenoxy) is 1. The Balaban J connectivity index is 2.31. The number of alkyl halides is 3. The summed E-state index contributed by atoms with van der Waals surface area (Å²) in [7, 11) is 0. The SMILES string of the molecule is CCCCC(Oc1ccc(C#N)c(C(F)(F)F)c1)c1ccccn1. The van der Waals surface area contributed by atoms with Crippen LogP contribution in [0.2, 0.25) is 0 Å². The molecule has 0 saturated heterocycles. The number of halogens is 3. The Hall–Kier alpha value is -2.55. The number of rotatable bonds is 6. The highest BCUT2D eigenvalue weighted by atomic mass is 19.4. The van der Waals surface area contributed by atoms with Crippen LogP contribution in [-0.2, 0) is 6.18 Å². The standard InChI is InChI=1S/C18H17F3N2O/c1-2-3-7-17(16-6-4-5-10-23-16)24-14-9-8-13(12-22)15(11-14)18(19,20)21/h4-6,8-11,17H,2-3,7H2,1H3. The van der Waals surface area contributed by atoms with Crippen LogP contribution in [0.5, 0.6) is 5.75 Å². The Morgan fingerprint density at radius 2 is 2.04 bits per heavy atom. The number of nitrogens with zero attached hydrogens (tertiary/aromatic N) is 2. The number of nitriles is 1. The van der Waals surface area contributed by atoms with Gasteiger partial charge in [-0.3, -0.25) is 4.98 Å². The van der Waals surface area contributed by atoms with Gasteiger partial charge in [0.1, 0.15) is 11.9 Å². The van der Waals surface area contributed by atoms with E-state index < -0.39 is 23.4 Å². The average Bonchev–Trinajstić information content (AvgIpc) is 2.58. The van der Waals surface area contributed by atoms with Gasteiger partial charge in [-0.1, -0.05) is 19.4 Å². The van der Waals surface area contributed by atoms with Crippen molar-refractivity contribution in [3.8, 4) is 11.8 Å². The monoisotopic (exact) mass is 334 g/mol. The van der Waals surface area contributed by atoms with Crippen LogP contribution in [0.25, 0.3) is 0 Å². The van der Waals surface area contributed by atoms with Gasteiger partial charge in [-0.15, -0.1) is 0 Å². The molecule has 0 amide bonds. The van der Waals surface area contributed by atoms with Crippen molar-refractivity contribution < 1.29 is 17.9 Å². The summed E-state index contributed by atoms with van der Waals surface area (Å²) in [6.07, 6.45) is -0.960. The zero-order chi connectivity index (χ0) is 17.6. The number of hydrogen-bond donors (Lipinski definition) is 0. The van der Waals surface area contributed by atoms with E-state index in [0.29, 0.717) is 12.1 Å². The predicted octanol–water partition coefficient (Wildman–Crippen LogP) is 5.28. The van der Waals surface area contributed by atoms with Gasteiger partial charge in [0, 0.05) is 6.20 Å². The van der Waals surface area contributed by atoms with Gasteiger partial charge in [0.05, 0.1) is 22.9 Å². The van der Waals surface area contributed by atoms with E-state index in [1.165, 1.54) is 6.07 Å². The first kappa shape index (κ1) is 17.8. The van der Waals surface area contributed by atoms with Gasteiger partial charge in [0.15, 0.2) is 0 Å². The highest BCUT2D eigenvalue weighted by Crippen LogP contribution is 2.35. The van der Waals surface area contributed by atoms with Crippen LogP contribution < -0.4 is 4.74 Å². The Morgan fingerprint density at radius 1 is 1.25 bits per heavy atom. The van der Waals surface area contributed by atoms with E-state index in [2.05, 4.69) is 4.98 Å². The van der Waals surface area contributed by atoms with Crippen molar-refractivity contribution in [2.45, 2.75) is 38.5 Å². The summed E-state index contributed by atoms with van der Waals surface area (Å²) in [6, 6.07) is 10.3. The molecule has 1 aromatic heterocycles. The highest BCUT2D eigenvalue weighted by molar-refractivity contribution is 5.44. The van der Waals surface area contributed by atoms with Crippen LogP contribution >= 0.6 is 0 Å². The molecule has 0 aliphatic rings. The summed E-state index contributed by atoms with van der Waals surface area (Å²) in [5.74, 6) is 0.0769. The lowest BCUT2D eigenvalue weighted by Gasteiger charge is -2.19. The van der Waals surface area contributed by atoms with Crippen molar-refractivity contribution in [3.05, 3.63) is 59.4 Å². The van der Waals surface area contributed by atoms with Crippen LogP contribution in [0.15, 0.2) is 42.6 Å².